The molecule has 3 heterocycles. The molecule has 1 aromatic carbocycles. The molecule has 2 unspecified atom stereocenters. The number of anilines is 1. The maximum absolute atomic E-state index is 12.0. The second-order valence-electron chi connectivity index (χ2n) is 11.0. The number of nitrogens with one attached hydrogen (secondary N) is 2. The van der Waals surface area contributed by atoms with E-state index < -0.39 is 16.1 Å². The minimum absolute atomic E-state index is 0.0569. The Labute approximate surface area is 238 Å². The van der Waals surface area contributed by atoms with Crippen LogP contribution in [0.4, 0.5) is 5.95 Å². The van der Waals surface area contributed by atoms with Crippen molar-refractivity contribution in [2.45, 2.75) is 87.4 Å². The van der Waals surface area contributed by atoms with Gasteiger partial charge in [-0.2, -0.15) is 0 Å². The number of piperidine rings is 1. The minimum atomic E-state index is -3.55. The smallest absolute Gasteiger partial charge is 0.240 e. The van der Waals surface area contributed by atoms with Gasteiger partial charge in [0.15, 0.2) is 0 Å². The lowest BCUT2D eigenvalue weighted by molar-refractivity contribution is -0.0152. The van der Waals surface area contributed by atoms with E-state index in [1.165, 1.54) is 56.8 Å². The molecule has 2 atom stereocenters. The van der Waals surface area contributed by atoms with Crippen LogP contribution in [0.1, 0.15) is 63.9 Å². The van der Waals surface area contributed by atoms with Gasteiger partial charge in [-0.3, -0.25) is 0 Å². The average molecular weight is 576 g/mol. The second kappa shape index (κ2) is 14.5. The van der Waals surface area contributed by atoms with Gasteiger partial charge in [-0.05, 0) is 56.8 Å². The van der Waals surface area contributed by atoms with Crippen molar-refractivity contribution < 1.29 is 23.0 Å². The predicted octanol–water partition coefficient (Wildman–Crippen LogP) is 3.06. The highest BCUT2D eigenvalue weighted by molar-refractivity contribution is 7.89. The number of hydrogen-bond donors (Lipinski definition) is 3. The highest BCUT2D eigenvalue weighted by atomic mass is 32.2. The van der Waals surface area contributed by atoms with E-state index in [-0.39, 0.29) is 23.1 Å². The molecule has 10 nitrogen and oxygen atoms in total. The number of aromatic nitrogens is 2. The van der Waals surface area contributed by atoms with Gasteiger partial charge in [0, 0.05) is 44.1 Å². The third-order valence-electron chi connectivity index (χ3n) is 7.90. The van der Waals surface area contributed by atoms with Crippen molar-refractivity contribution in [1.82, 2.24) is 20.0 Å². The largest absolute Gasteiger partial charge is 0.491 e. The molecule has 0 amide bonds. The molecule has 2 saturated heterocycles. The van der Waals surface area contributed by atoms with Gasteiger partial charge in [-0.1, -0.05) is 38.7 Å². The van der Waals surface area contributed by atoms with Crippen LogP contribution < -0.4 is 19.7 Å². The van der Waals surface area contributed by atoms with Crippen molar-refractivity contribution in [3.63, 3.8) is 0 Å². The van der Waals surface area contributed by atoms with Gasteiger partial charge >= 0.3 is 0 Å². The van der Waals surface area contributed by atoms with Crippen molar-refractivity contribution in [3.8, 4) is 5.75 Å². The molecule has 0 saturated carbocycles. The first-order valence-corrected chi connectivity index (χ1v) is 16.1. The molecule has 1 aromatic heterocycles. The number of ether oxygens (including phenoxy) is 2. The molecule has 3 N–H and O–H groups in total. The number of sulfonamides is 1. The summed E-state index contributed by atoms with van der Waals surface area (Å²) >= 11 is 0. The van der Waals surface area contributed by atoms with Gasteiger partial charge in [-0.25, -0.2) is 23.1 Å². The molecule has 2 aliphatic heterocycles. The standard InChI is InChI=1S/C29H45N5O5S/c1-3-4-5-6-7-9-23-18-32-28(33-19-23)34-14-12-29(13-15-34)17-24(21-39-29)31-20-25(35)22-38-26-10-8-11-27(16-26)40(36,37)30-2/h8,10-11,16,18-19,24-25,30-31,35H,3-7,9,12-15,17,20-22H2,1-2H3. The van der Waals surface area contributed by atoms with Crippen LogP contribution in [-0.4, -0.2) is 81.1 Å². The van der Waals surface area contributed by atoms with E-state index in [4.69, 9.17) is 9.47 Å². The topological polar surface area (TPSA) is 126 Å². The number of nitrogens with zero attached hydrogens (tertiary/aromatic N) is 3. The fourth-order valence-electron chi connectivity index (χ4n) is 5.41. The molecule has 2 aliphatic rings. The molecule has 0 bridgehead atoms. The fourth-order valence-corrected chi connectivity index (χ4v) is 6.18. The summed E-state index contributed by atoms with van der Waals surface area (Å²) in [6.45, 7) is 5.00. The number of rotatable bonds is 15. The minimum Gasteiger partial charge on any atom is -0.491 e. The van der Waals surface area contributed by atoms with Crippen LogP contribution in [0.25, 0.3) is 0 Å². The number of aliphatic hydroxyl groups excluding tert-OH is 1. The van der Waals surface area contributed by atoms with Crippen LogP contribution in [0.3, 0.4) is 0 Å². The molecule has 2 fully saturated rings. The molecule has 0 radical (unpaired) electrons. The van der Waals surface area contributed by atoms with Crippen LogP contribution in [-0.2, 0) is 21.2 Å². The normalized spacial score (nSPS) is 19.7. The van der Waals surface area contributed by atoms with E-state index in [0.717, 1.165) is 44.7 Å². The van der Waals surface area contributed by atoms with E-state index in [1.54, 1.807) is 12.1 Å². The molecule has 4 rings (SSSR count). The highest BCUT2D eigenvalue weighted by Crippen LogP contribution is 2.36. The Morgan fingerprint density at radius 1 is 1.18 bits per heavy atom. The first-order valence-electron chi connectivity index (χ1n) is 14.6. The van der Waals surface area contributed by atoms with Gasteiger partial charge in [0.25, 0.3) is 0 Å². The molecular weight excluding hydrogens is 530 g/mol. The predicted molar refractivity (Wildman–Crippen MR) is 155 cm³/mol. The summed E-state index contributed by atoms with van der Waals surface area (Å²) < 4.78 is 38.2. The van der Waals surface area contributed by atoms with Gasteiger partial charge < -0.3 is 24.8 Å². The van der Waals surface area contributed by atoms with Gasteiger partial charge in [0.2, 0.25) is 16.0 Å². The van der Waals surface area contributed by atoms with Crippen LogP contribution in [0.2, 0.25) is 0 Å². The molecule has 2 aromatic rings. The molecular formula is C29H45N5O5S. The van der Waals surface area contributed by atoms with Gasteiger partial charge in [0.1, 0.15) is 18.5 Å². The number of hydrogen-bond acceptors (Lipinski definition) is 9. The van der Waals surface area contributed by atoms with Crippen molar-refractivity contribution in [3.05, 3.63) is 42.2 Å². The number of unbranched alkanes of at least 4 members (excludes halogenated alkanes) is 4. The van der Waals surface area contributed by atoms with E-state index >= 15 is 0 Å². The summed E-state index contributed by atoms with van der Waals surface area (Å²) in [5, 5.41) is 13.8. The second-order valence-corrected chi connectivity index (χ2v) is 12.9. The monoisotopic (exact) mass is 575 g/mol. The zero-order chi connectivity index (χ0) is 28.4. The lowest BCUT2D eigenvalue weighted by Gasteiger charge is -2.38. The van der Waals surface area contributed by atoms with Crippen LogP contribution in [0.15, 0.2) is 41.6 Å². The van der Waals surface area contributed by atoms with Crippen LogP contribution in [0, 0.1) is 0 Å². The quantitative estimate of drug-likeness (QED) is 0.275. The SMILES string of the molecule is CCCCCCCc1cnc(N2CCC3(CC2)CC(NCC(O)COc2cccc(S(=O)(=O)NC)c2)CO3)nc1. The van der Waals surface area contributed by atoms with E-state index in [2.05, 4.69) is 31.8 Å². The van der Waals surface area contributed by atoms with Crippen molar-refractivity contribution in [2.75, 3.05) is 44.8 Å². The Hall–Kier alpha value is -2.31. The Kier molecular flexibility index (Phi) is 11.1. The Balaban J connectivity index is 1.15. The van der Waals surface area contributed by atoms with Crippen molar-refractivity contribution >= 4 is 16.0 Å². The van der Waals surface area contributed by atoms with Crippen LogP contribution in [0.5, 0.6) is 5.75 Å². The molecule has 11 heteroatoms. The summed E-state index contributed by atoms with van der Waals surface area (Å²) in [7, 11) is -2.19. The Morgan fingerprint density at radius 3 is 2.65 bits per heavy atom. The van der Waals surface area contributed by atoms with Gasteiger partial charge in [-0.15, -0.1) is 0 Å². The first-order chi connectivity index (χ1) is 19.3. The molecule has 1 spiro atoms. The maximum Gasteiger partial charge on any atom is 0.240 e. The third kappa shape index (κ3) is 8.59. The average Bonchev–Trinajstić information content (AvgIpc) is 3.38. The molecule has 40 heavy (non-hydrogen) atoms. The Bertz CT molecular complexity index is 1160. The Morgan fingerprint density at radius 2 is 1.93 bits per heavy atom. The first kappa shape index (κ1) is 30.6. The number of aryl methyl sites for hydroxylation is 1. The molecule has 0 aliphatic carbocycles. The summed E-state index contributed by atoms with van der Waals surface area (Å²) in [6, 6.07) is 6.39. The van der Waals surface area contributed by atoms with E-state index in [9.17, 15) is 13.5 Å². The number of aliphatic hydroxyl groups is 1. The van der Waals surface area contributed by atoms with Crippen molar-refractivity contribution in [1.29, 1.82) is 0 Å². The zero-order valence-corrected chi connectivity index (χ0v) is 24.7. The molecule has 222 valence electrons. The third-order valence-corrected chi connectivity index (χ3v) is 9.31. The fraction of sp³-hybridized carbons (Fsp3) is 0.655. The maximum atomic E-state index is 12.0. The van der Waals surface area contributed by atoms with Gasteiger partial charge in [0.05, 0.1) is 17.1 Å². The highest BCUT2D eigenvalue weighted by Gasteiger charge is 2.43. The summed E-state index contributed by atoms with van der Waals surface area (Å²) in [4.78, 5) is 11.7. The summed E-state index contributed by atoms with van der Waals surface area (Å²) in [6.07, 6.45) is 13.4. The van der Waals surface area contributed by atoms with E-state index in [1.807, 2.05) is 12.4 Å². The van der Waals surface area contributed by atoms with Crippen molar-refractivity contribution in [2.24, 2.45) is 0 Å². The lowest BCUT2D eigenvalue weighted by atomic mass is 9.87. The van der Waals surface area contributed by atoms with E-state index in [0.29, 0.717) is 18.9 Å². The summed E-state index contributed by atoms with van der Waals surface area (Å²) in [5.74, 6) is 1.20. The number of benzene rings is 1. The lowest BCUT2D eigenvalue weighted by Crippen LogP contribution is -2.45. The zero-order valence-electron chi connectivity index (χ0n) is 23.8. The van der Waals surface area contributed by atoms with Crippen LogP contribution >= 0.6 is 0 Å². The summed E-state index contributed by atoms with van der Waals surface area (Å²) in [5.41, 5.74) is 1.07.